The molecule has 2 aliphatic rings. The van der Waals surface area contributed by atoms with E-state index in [9.17, 15) is 4.79 Å². The predicted molar refractivity (Wildman–Crippen MR) is 189 cm³/mol. The molecule has 252 valence electrons. The molecule has 1 N–H and O–H groups in total. The number of ether oxygens (including phenoxy) is 3. The number of urea groups is 1. The van der Waals surface area contributed by atoms with E-state index >= 15 is 0 Å². The van der Waals surface area contributed by atoms with Crippen LogP contribution < -0.4 is 29.3 Å². The summed E-state index contributed by atoms with van der Waals surface area (Å²) in [6, 6.07) is 17.4. The fourth-order valence-electron chi connectivity index (χ4n) is 6.31. The van der Waals surface area contributed by atoms with Crippen molar-refractivity contribution in [2.75, 3.05) is 62.6 Å². The second kappa shape index (κ2) is 14.1. The lowest BCUT2D eigenvalue weighted by Gasteiger charge is -2.37. The van der Waals surface area contributed by atoms with E-state index in [0.29, 0.717) is 35.5 Å². The van der Waals surface area contributed by atoms with Crippen molar-refractivity contribution in [3.8, 4) is 17.2 Å². The lowest BCUT2D eigenvalue weighted by atomic mass is 10.1. The van der Waals surface area contributed by atoms with Crippen molar-refractivity contribution in [1.82, 2.24) is 19.8 Å². The summed E-state index contributed by atoms with van der Waals surface area (Å²) in [5, 5.41) is 3.39. The summed E-state index contributed by atoms with van der Waals surface area (Å²) >= 11 is 0. The molecule has 2 aliphatic heterocycles. The summed E-state index contributed by atoms with van der Waals surface area (Å²) < 4.78 is 17.5. The molecule has 0 bridgehead atoms. The maximum atomic E-state index is 14.5. The Morgan fingerprint density at radius 1 is 0.917 bits per heavy atom. The smallest absolute Gasteiger partial charge is 0.335 e. The van der Waals surface area contributed by atoms with Gasteiger partial charge in [-0.3, -0.25) is 9.80 Å². The Bertz CT molecular complexity index is 1770. The molecule has 0 saturated carbocycles. The molecular weight excluding hydrogens is 606 g/mol. The van der Waals surface area contributed by atoms with Crippen molar-refractivity contribution in [2.24, 2.45) is 0 Å². The zero-order chi connectivity index (χ0) is 33.9. The van der Waals surface area contributed by atoms with Gasteiger partial charge < -0.3 is 24.4 Å². The van der Waals surface area contributed by atoms with Gasteiger partial charge in [-0.1, -0.05) is 24.3 Å². The van der Waals surface area contributed by atoms with Crippen molar-refractivity contribution in [2.45, 2.75) is 46.9 Å². The zero-order valence-electron chi connectivity index (χ0n) is 28.9. The molecule has 0 unspecified atom stereocenters. The number of likely N-dealkylation sites (N-methyl/N-ethyl adjacent to an activating group) is 1. The highest BCUT2D eigenvalue weighted by molar-refractivity contribution is 6.11. The van der Waals surface area contributed by atoms with E-state index in [1.54, 1.807) is 36.3 Å². The number of para-hydroxylation sites is 1. The lowest BCUT2D eigenvalue weighted by Crippen LogP contribution is -2.46. The fourth-order valence-corrected chi connectivity index (χ4v) is 6.31. The highest BCUT2D eigenvalue weighted by atomic mass is 16.5. The Hall–Kier alpha value is -4.87. The molecule has 1 fully saturated rings. The zero-order valence-corrected chi connectivity index (χ0v) is 28.9. The van der Waals surface area contributed by atoms with Crippen LogP contribution in [0.2, 0.25) is 0 Å². The molecule has 0 radical (unpaired) electrons. The molecule has 4 aromatic rings. The summed E-state index contributed by atoms with van der Waals surface area (Å²) in [7, 11) is 5.34. The summed E-state index contributed by atoms with van der Waals surface area (Å²) in [5.74, 6) is 2.64. The molecule has 0 atom stereocenters. The highest BCUT2D eigenvalue weighted by Crippen LogP contribution is 2.43. The van der Waals surface area contributed by atoms with Crippen molar-refractivity contribution >= 4 is 34.9 Å². The standard InChI is InChI=1S/C37H45N7O4/c1-24(2)48-32-19-27(22-42-17-15-41(5)16-18-42)11-13-30(32)39-36-38-21-28-23-43(34-25(3)9-8-10-26(34)4)37(45)44(35(28)40-36)31-14-12-29(46-6)20-33(31)47-7/h8-14,19-21,24H,15-18,22-23H2,1-7H3,(H,38,39,40). The molecule has 2 amide bonds. The van der Waals surface area contributed by atoms with Crippen LogP contribution in [-0.2, 0) is 13.1 Å². The number of methoxy groups -OCH3 is 2. The maximum absolute atomic E-state index is 14.5. The van der Waals surface area contributed by atoms with Crippen LogP contribution in [0, 0.1) is 13.8 Å². The van der Waals surface area contributed by atoms with E-state index in [2.05, 4.69) is 34.3 Å². The van der Waals surface area contributed by atoms with Gasteiger partial charge in [-0.15, -0.1) is 0 Å². The van der Waals surface area contributed by atoms with Gasteiger partial charge >= 0.3 is 6.03 Å². The van der Waals surface area contributed by atoms with E-state index in [0.717, 1.165) is 66.5 Å². The van der Waals surface area contributed by atoms with Crippen LogP contribution >= 0.6 is 0 Å². The number of carbonyl (C=O) groups excluding carboxylic acids is 1. The third kappa shape index (κ3) is 6.88. The number of fused-ring (bicyclic) bond motifs is 1. The molecule has 0 aliphatic carbocycles. The molecule has 3 heterocycles. The first-order valence-electron chi connectivity index (χ1n) is 16.4. The van der Waals surface area contributed by atoms with Gasteiger partial charge in [0.25, 0.3) is 0 Å². The van der Waals surface area contributed by atoms with E-state index < -0.39 is 0 Å². The quantitative estimate of drug-likeness (QED) is 0.202. The number of amides is 2. The van der Waals surface area contributed by atoms with Gasteiger partial charge in [0.1, 0.15) is 17.2 Å². The number of nitrogens with one attached hydrogen (secondary N) is 1. The maximum Gasteiger partial charge on any atom is 0.335 e. The van der Waals surface area contributed by atoms with Crippen LogP contribution in [0.3, 0.4) is 0 Å². The number of anilines is 5. The number of carbonyl (C=O) groups is 1. The van der Waals surface area contributed by atoms with Gasteiger partial charge in [0.2, 0.25) is 5.95 Å². The molecule has 3 aromatic carbocycles. The van der Waals surface area contributed by atoms with E-state index in [-0.39, 0.29) is 12.1 Å². The van der Waals surface area contributed by atoms with Crippen molar-refractivity contribution in [3.05, 3.63) is 83.0 Å². The van der Waals surface area contributed by atoms with Crippen molar-refractivity contribution < 1.29 is 19.0 Å². The molecule has 0 spiro atoms. The number of rotatable bonds is 10. The van der Waals surface area contributed by atoms with Crippen LogP contribution in [0.4, 0.5) is 33.6 Å². The van der Waals surface area contributed by atoms with Crippen molar-refractivity contribution in [3.63, 3.8) is 0 Å². The Labute approximate surface area is 283 Å². The first-order chi connectivity index (χ1) is 23.1. The second-order valence-corrected chi connectivity index (χ2v) is 12.7. The Balaban J connectivity index is 1.38. The molecule has 48 heavy (non-hydrogen) atoms. The molecule has 1 aromatic heterocycles. The van der Waals surface area contributed by atoms with E-state index in [1.165, 1.54) is 5.56 Å². The first-order valence-corrected chi connectivity index (χ1v) is 16.4. The third-order valence-electron chi connectivity index (χ3n) is 8.80. The number of aromatic nitrogens is 2. The highest BCUT2D eigenvalue weighted by Gasteiger charge is 2.37. The predicted octanol–water partition coefficient (Wildman–Crippen LogP) is 6.67. The summed E-state index contributed by atoms with van der Waals surface area (Å²) in [4.78, 5) is 32.4. The summed E-state index contributed by atoms with van der Waals surface area (Å²) in [5.41, 5.74) is 6.13. The Morgan fingerprint density at radius 3 is 2.35 bits per heavy atom. The minimum absolute atomic E-state index is 0.0274. The van der Waals surface area contributed by atoms with Gasteiger partial charge in [-0.25, -0.2) is 14.7 Å². The van der Waals surface area contributed by atoms with Crippen LogP contribution in [-0.4, -0.2) is 79.3 Å². The van der Waals surface area contributed by atoms with Gasteiger partial charge in [0.15, 0.2) is 5.82 Å². The third-order valence-corrected chi connectivity index (χ3v) is 8.80. The summed E-state index contributed by atoms with van der Waals surface area (Å²) in [6.45, 7) is 13.4. The van der Waals surface area contributed by atoms with Gasteiger partial charge in [0.05, 0.1) is 43.9 Å². The average Bonchev–Trinajstić information content (AvgIpc) is 3.07. The fraction of sp³-hybridized carbons (Fsp3) is 0.378. The number of aryl methyl sites for hydroxylation is 2. The number of hydrogen-bond donors (Lipinski definition) is 1. The van der Waals surface area contributed by atoms with Crippen LogP contribution in [0.1, 0.15) is 36.1 Å². The molecule has 11 heteroatoms. The van der Waals surface area contributed by atoms with Gasteiger partial charge in [-0.2, -0.15) is 4.98 Å². The van der Waals surface area contributed by atoms with Gasteiger partial charge in [0, 0.05) is 50.6 Å². The van der Waals surface area contributed by atoms with Crippen LogP contribution in [0.15, 0.2) is 60.8 Å². The first kappa shape index (κ1) is 33.0. The normalized spacial score (nSPS) is 15.5. The largest absolute Gasteiger partial charge is 0.497 e. The van der Waals surface area contributed by atoms with Gasteiger partial charge in [-0.05, 0) is 75.7 Å². The monoisotopic (exact) mass is 651 g/mol. The Morgan fingerprint density at radius 2 is 1.67 bits per heavy atom. The second-order valence-electron chi connectivity index (χ2n) is 12.7. The molecular formula is C37H45N7O4. The minimum atomic E-state index is -0.245. The van der Waals surface area contributed by atoms with Crippen LogP contribution in [0.25, 0.3) is 0 Å². The van der Waals surface area contributed by atoms with E-state index in [4.69, 9.17) is 24.2 Å². The molecule has 11 nitrogen and oxygen atoms in total. The number of nitrogens with zero attached hydrogens (tertiary/aromatic N) is 6. The minimum Gasteiger partial charge on any atom is -0.497 e. The topological polar surface area (TPSA) is 95.5 Å². The SMILES string of the molecule is COc1ccc(N2C(=O)N(c3c(C)cccc3C)Cc3cnc(Nc4ccc(CN5CCN(C)CC5)cc4OC(C)C)nc32)c(OC)c1. The lowest BCUT2D eigenvalue weighted by molar-refractivity contribution is 0.148. The number of piperazine rings is 1. The Kier molecular flexibility index (Phi) is 9.70. The summed E-state index contributed by atoms with van der Waals surface area (Å²) in [6.07, 6.45) is 1.76. The number of benzene rings is 3. The molecule has 6 rings (SSSR count). The average molecular weight is 652 g/mol. The van der Waals surface area contributed by atoms with Crippen molar-refractivity contribution in [1.29, 1.82) is 0 Å². The van der Waals surface area contributed by atoms with Crippen LogP contribution in [0.5, 0.6) is 17.2 Å². The van der Waals surface area contributed by atoms with E-state index in [1.807, 2.05) is 64.1 Å². The molecule has 1 saturated heterocycles. The number of hydrogen-bond acceptors (Lipinski definition) is 9.